The molecule has 0 saturated heterocycles. The van der Waals surface area contributed by atoms with Gasteiger partial charge in [-0.05, 0) is 37.5 Å². The molecule has 0 aliphatic carbocycles. The van der Waals surface area contributed by atoms with E-state index in [0.717, 1.165) is 22.6 Å². The van der Waals surface area contributed by atoms with Crippen LogP contribution in [-0.2, 0) is 13.2 Å². The summed E-state index contributed by atoms with van der Waals surface area (Å²) in [7, 11) is 5.28. The molecule has 0 aliphatic rings. The number of hydrogen-bond donors (Lipinski definition) is 0. The summed E-state index contributed by atoms with van der Waals surface area (Å²) in [5.41, 5.74) is 1.95. The predicted molar refractivity (Wildman–Crippen MR) is 102 cm³/mol. The highest BCUT2D eigenvalue weighted by atomic mass is 32.1. The molecular formula is C19H21N3O3S. The Bertz CT molecular complexity index is 921. The number of nitrogens with zero attached hydrogens (tertiary/aromatic N) is 3. The normalized spacial score (nSPS) is 10.9. The van der Waals surface area contributed by atoms with Crippen molar-refractivity contribution in [2.24, 2.45) is 0 Å². The number of methoxy groups -OCH3 is 2. The van der Waals surface area contributed by atoms with E-state index in [-0.39, 0.29) is 0 Å². The maximum Gasteiger partial charge on any atom is 0.288 e. The molecule has 0 amide bonds. The van der Waals surface area contributed by atoms with Crippen molar-refractivity contribution < 1.29 is 13.9 Å². The molecule has 3 aromatic rings. The number of hydrogen-bond acceptors (Lipinski definition) is 6. The van der Waals surface area contributed by atoms with Gasteiger partial charge in [-0.3, -0.25) is 4.90 Å². The van der Waals surface area contributed by atoms with Crippen LogP contribution in [0, 0.1) is 4.84 Å². The second-order valence-electron chi connectivity index (χ2n) is 5.87. The van der Waals surface area contributed by atoms with Crippen molar-refractivity contribution in [3.63, 3.8) is 0 Å². The number of ether oxygens (including phenoxy) is 2. The molecule has 0 saturated carbocycles. The van der Waals surface area contributed by atoms with E-state index in [9.17, 15) is 0 Å². The molecule has 1 heterocycles. The van der Waals surface area contributed by atoms with Crippen LogP contribution in [0.5, 0.6) is 11.5 Å². The summed E-state index contributed by atoms with van der Waals surface area (Å²) in [6, 6.07) is 15.5. The monoisotopic (exact) mass is 371 g/mol. The summed E-state index contributed by atoms with van der Waals surface area (Å²) in [6.07, 6.45) is 0. The van der Waals surface area contributed by atoms with Gasteiger partial charge in [0.05, 0.1) is 20.9 Å². The number of rotatable bonds is 7. The van der Waals surface area contributed by atoms with Gasteiger partial charge in [-0.2, -0.15) is 0 Å². The quantitative estimate of drug-likeness (QED) is 0.586. The molecule has 0 aliphatic heterocycles. The van der Waals surface area contributed by atoms with Crippen molar-refractivity contribution in [3.05, 3.63) is 58.9 Å². The fourth-order valence-corrected chi connectivity index (χ4v) is 2.82. The maximum absolute atomic E-state index is 5.63. The largest absolute Gasteiger partial charge is 0.497 e. The van der Waals surface area contributed by atoms with Crippen LogP contribution in [0.2, 0.25) is 0 Å². The third-order valence-corrected chi connectivity index (χ3v) is 4.23. The Balaban J connectivity index is 1.74. The third-order valence-electron chi connectivity index (χ3n) is 3.94. The summed E-state index contributed by atoms with van der Waals surface area (Å²) in [4.78, 5) is 2.43. The van der Waals surface area contributed by atoms with Gasteiger partial charge in [0.1, 0.15) is 11.5 Å². The second kappa shape index (κ2) is 8.16. The molecule has 6 nitrogen and oxygen atoms in total. The molecule has 0 spiro atoms. The van der Waals surface area contributed by atoms with Crippen molar-refractivity contribution in [2.75, 3.05) is 21.3 Å². The molecule has 0 atom stereocenters. The zero-order valence-corrected chi connectivity index (χ0v) is 15.8. The molecule has 0 bridgehead atoms. The van der Waals surface area contributed by atoms with Gasteiger partial charge in [-0.25, -0.2) is 4.68 Å². The highest BCUT2D eigenvalue weighted by Gasteiger charge is 2.12. The Morgan fingerprint density at radius 2 is 1.88 bits per heavy atom. The zero-order valence-electron chi connectivity index (χ0n) is 15.0. The first-order valence-corrected chi connectivity index (χ1v) is 8.54. The highest BCUT2D eigenvalue weighted by Crippen LogP contribution is 2.25. The Kier molecular flexibility index (Phi) is 5.70. The van der Waals surface area contributed by atoms with Crippen LogP contribution in [0.15, 0.2) is 52.9 Å². The Labute approximate surface area is 157 Å². The minimum Gasteiger partial charge on any atom is -0.497 e. The van der Waals surface area contributed by atoms with Crippen molar-refractivity contribution in [3.8, 4) is 23.0 Å². The number of aromatic nitrogens is 2. The summed E-state index contributed by atoms with van der Waals surface area (Å²) < 4.78 is 18.0. The molecule has 0 N–H and O–H groups in total. The lowest BCUT2D eigenvalue weighted by Gasteiger charge is -2.18. The van der Waals surface area contributed by atoms with E-state index in [1.165, 1.54) is 0 Å². The second-order valence-corrected chi connectivity index (χ2v) is 6.22. The van der Waals surface area contributed by atoms with Crippen molar-refractivity contribution >= 4 is 12.2 Å². The van der Waals surface area contributed by atoms with E-state index < -0.39 is 0 Å². The topological polar surface area (TPSA) is 52.7 Å². The van der Waals surface area contributed by atoms with Gasteiger partial charge in [-0.1, -0.05) is 24.3 Å². The van der Waals surface area contributed by atoms with Crippen LogP contribution in [0.1, 0.15) is 5.56 Å². The van der Waals surface area contributed by atoms with Crippen LogP contribution >= 0.6 is 12.2 Å². The first-order chi connectivity index (χ1) is 12.6. The van der Waals surface area contributed by atoms with Gasteiger partial charge in [0.2, 0.25) is 5.89 Å². The standard InChI is InChI=1S/C19H21N3O3S/c1-21(12-15-9-10-16(23-2)11-17(15)24-3)13-22-19(26)25-18(20-22)14-7-5-4-6-8-14/h4-11H,12-13H2,1-3H3. The fraction of sp³-hybridized carbons (Fsp3) is 0.263. The average molecular weight is 371 g/mol. The smallest absolute Gasteiger partial charge is 0.288 e. The molecule has 3 rings (SSSR count). The van der Waals surface area contributed by atoms with E-state index in [0.29, 0.717) is 23.9 Å². The average Bonchev–Trinajstić information content (AvgIpc) is 3.03. The minimum atomic E-state index is 0.345. The molecule has 136 valence electrons. The molecule has 0 unspecified atom stereocenters. The molecule has 0 radical (unpaired) electrons. The van der Waals surface area contributed by atoms with Gasteiger partial charge < -0.3 is 13.9 Å². The molecule has 0 fully saturated rings. The van der Waals surface area contributed by atoms with Gasteiger partial charge >= 0.3 is 0 Å². The number of benzene rings is 2. The Morgan fingerprint density at radius 3 is 2.58 bits per heavy atom. The van der Waals surface area contributed by atoms with Gasteiger partial charge in [0, 0.05) is 23.7 Å². The first kappa shape index (κ1) is 18.2. The third kappa shape index (κ3) is 4.12. The lowest BCUT2D eigenvalue weighted by atomic mass is 10.2. The van der Waals surface area contributed by atoms with Gasteiger partial charge in [-0.15, -0.1) is 5.10 Å². The zero-order chi connectivity index (χ0) is 18.5. The van der Waals surface area contributed by atoms with E-state index >= 15 is 0 Å². The van der Waals surface area contributed by atoms with Crippen molar-refractivity contribution in [2.45, 2.75) is 13.2 Å². The van der Waals surface area contributed by atoms with E-state index in [4.69, 9.17) is 26.1 Å². The summed E-state index contributed by atoms with van der Waals surface area (Å²) >= 11 is 5.30. The Morgan fingerprint density at radius 1 is 1.12 bits per heavy atom. The fourth-order valence-electron chi connectivity index (χ4n) is 2.64. The van der Waals surface area contributed by atoms with E-state index in [1.54, 1.807) is 18.9 Å². The van der Waals surface area contributed by atoms with Crippen LogP contribution in [0.3, 0.4) is 0 Å². The van der Waals surface area contributed by atoms with Crippen molar-refractivity contribution in [1.82, 2.24) is 14.7 Å². The lowest BCUT2D eigenvalue weighted by molar-refractivity contribution is 0.237. The van der Waals surface area contributed by atoms with Crippen LogP contribution in [-0.4, -0.2) is 35.9 Å². The lowest BCUT2D eigenvalue weighted by Crippen LogP contribution is -2.22. The van der Waals surface area contributed by atoms with E-state index in [2.05, 4.69) is 10.00 Å². The summed E-state index contributed by atoms with van der Waals surface area (Å²) in [6.45, 7) is 1.17. The first-order valence-electron chi connectivity index (χ1n) is 8.13. The molecule has 26 heavy (non-hydrogen) atoms. The van der Waals surface area contributed by atoms with Crippen molar-refractivity contribution in [1.29, 1.82) is 0 Å². The summed E-state index contributed by atoms with van der Waals surface area (Å²) in [5, 5.41) is 4.48. The van der Waals surface area contributed by atoms with E-state index in [1.807, 2.05) is 55.6 Å². The van der Waals surface area contributed by atoms with Crippen LogP contribution < -0.4 is 9.47 Å². The van der Waals surface area contributed by atoms with Gasteiger partial charge in [0.15, 0.2) is 0 Å². The summed E-state index contributed by atoms with van der Waals surface area (Å²) in [5.74, 6) is 2.07. The predicted octanol–water partition coefficient (Wildman–Crippen LogP) is 3.98. The van der Waals surface area contributed by atoms with Crippen LogP contribution in [0.4, 0.5) is 0 Å². The van der Waals surface area contributed by atoms with Crippen LogP contribution in [0.25, 0.3) is 11.5 Å². The Hall–Kier alpha value is -2.64. The maximum atomic E-state index is 5.63. The molecular weight excluding hydrogens is 350 g/mol. The molecule has 7 heteroatoms. The molecule has 1 aromatic heterocycles. The SMILES string of the molecule is COc1ccc(CN(C)Cn2nc(-c3ccccc3)oc2=S)c(OC)c1. The van der Waals surface area contributed by atoms with Gasteiger partial charge in [0.25, 0.3) is 4.84 Å². The molecule has 2 aromatic carbocycles. The minimum absolute atomic E-state index is 0.345. The highest BCUT2D eigenvalue weighted by molar-refractivity contribution is 7.71.